The minimum atomic E-state index is -3.13. The molecular weight excluding hydrogens is 360 g/mol. The van der Waals surface area contributed by atoms with E-state index in [4.69, 9.17) is 0 Å². The fourth-order valence-corrected chi connectivity index (χ4v) is 3.74. The number of nitrogens with one attached hydrogen (secondary N) is 1. The molecule has 1 amide bonds. The largest absolute Gasteiger partial charge is 0.348 e. The van der Waals surface area contributed by atoms with Crippen molar-refractivity contribution in [1.29, 1.82) is 0 Å². The van der Waals surface area contributed by atoms with E-state index in [0.717, 1.165) is 25.2 Å². The second-order valence-electron chi connectivity index (χ2n) is 6.68. The highest BCUT2D eigenvalue weighted by Crippen LogP contribution is 2.13. The van der Waals surface area contributed by atoms with Crippen molar-refractivity contribution >= 4 is 15.7 Å². The Kier molecular flexibility index (Phi) is 7.56. The number of amides is 1. The molecule has 0 heterocycles. The van der Waals surface area contributed by atoms with Crippen LogP contribution in [0.2, 0.25) is 0 Å². The van der Waals surface area contributed by atoms with E-state index < -0.39 is 9.84 Å². The average molecular weight is 389 g/mol. The van der Waals surface area contributed by atoms with Gasteiger partial charge in [0.1, 0.15) is 0 Å². The van der Waals surface area contributed by atoms with Crippen molar-refractivity contribution in [1.82, 2.24) is 10.2 Å². The fourth-order valence-electron chi connectivity index (χ4n) is 2.95. The SMILES string of the molecule is CCN(CC)Cc1ccccc1CNC(=O)c1cccc(CS(C)(=O)=O)c1. The Morgan fingerprint density at radius 1 is 1.00 bits per heavy atom. The molecule has 6 heteroatoms. The van der Waals surface area contributed by atoms with Crippen molar-refractivity contribution < 1.29 is 13.2 Å². The van der Waals surface area contributed by atoms with Gasteiger partial charge in [-0.1, -0.05) is 50.2 Å². The lowest BCUT2D eigenvalue weighted by atomic mass is 10.1. The molecule has 2 rings (SSSR count). The Morgan fingerprint density at radius 3 is 2.30 bits per heavy atom. The molecule has 0 unspecified atom stereocenters. The zero-order valence-electron chi connectivity index (χ0n) is 16.2. The van der Waals surface area contributed by atoms with Crippen molar-refractivity contribution in [2.45, 2.75) is 32.7 Å². The molecule has 0 bridgehead atoms. The van der Waals surface area contributed by atoms with E-state index in [0.29, 0.717) is 17.7 Å². The second-order valence-corrected chi connectivity index (χ2v) is 8.82. The molecule has 0 aliphatic carbocycles. The molecule has 0 saturated carbocycles. The van der Waals surface area contributed by atoms with E-state index in [2.05, 4.69) is 30.1 Å². The summed E-state index contributed by atoms with van der Waals surface area (Å²) in [5.41, 5.74) is 3.38. The van der Waals surface area contributed by atoms with Crippen LogP contribution in [-0.2, 0) is 28.7 Å². The van der Waals surface area contributed by atoms with Crippen LogP contribution in [0.15, 0.2) is 48.5 Å². The normalized spacial score (nSPS) is 11.6. The Morgan fingerprint density at radius 2 is 1.67 bits per heavy atom. The van der Waals surface area contributed by atoms with Crippen molar-refractivity contribution in [2.24, 2.45) is 0 Å². The van der Waals surface area contributed by atoms with Crippen molar-refractivity contribution in [3.8, 4) is 0 Å². The maximum atomic E-state index is 12.5. The molecule has 0 aliphatic heterocycles. The number of hydrogen-bond donors (Lipinski definition) is 1. The van der Waals surface area contributed by atoms with Crippen LogP contribution in [0.25, 0.3) is 0 Å². The summed E-state index contributed by atoms with van der Waals surface area (Å²) in [4.78, 5) is 14.8. The van der Waals surface area contributed by atoms with Crippen LogP contribution < -0.4 is 5.32 Å². The lowest BCUT2D eigenvalue weighted by Crippen LogP contribution is -2.26. The minimum Gasteiger partial charge on any atom is -0.348 e. The van der Waals surface area contributed by atoms with E-state index in [1.165, 1.54) is 11.8 Å². The number of rotatable bonds is 9. The molecule has 0 saturated heterocycles. The predicted molar refractivity (Wildman–Crippen MR) is 109 cm³/mol. The second kappa shape index (κ2) is 9.67. The first-order valence-corrected chi connectivity index (χ1v) is 11.2. The van der Waals surface area contributed by atoms with Crippen LogP contribution in [0.5, 0.6) is 0 Å². The summed E-state index contributed by atoms with van der Waals surface area (Å²) in [6.45, 7) is 7.51. The van der Waals surface area contributed by atoms with Gasteiger partial charge in [0.25, 0.3) is 5.91 Å². The van der Waals surface area contributed by atoms with Gasteiger partial charge >= 0.3 is 0 Å². The number of hydrogen-bond acceptors (Lipinski definition) is 4. The highest BCUT2D eigenvalue weighted by molar-refractivity contribution is 7.89. The van der Waals surface area contributed by atoms with Gasteiger partial charge in [0.15, 0.2) is 9.84 Å². The number of nitrogens with zero attached hydrogens (tertiary/aromatic N) is 1. The first-order valence-electron chi connectivity index (χ1n) is 9.16. The Labute approximate surface area is 162 Å². The molecule has 5 nitrogen and oxygen atoms in total. The molecule has 0 atom stereocenters. The quantitative estimate of drug-likeness (QED) is 0.717. The first kappa shape index (κ1) is 21.1. The third-order valence-corrected chi connectivity index (χ3v) is 5.32. The zero-order valence-corrected chi connectivity index (χ0v) is 17.1. The van der Waals surface area contributed by atoms with Gasteiger partial charge in [-0.2, -0.15) is 0 Å². The van der Waals surface area contributed by atoms with Gasteiger partial charge < -0.3 is 5.32 Å². The summed E-state index contributed by atoms with van der Waals surface area (Å²) in [7, 11) is -3.13. The number of carbonyl (C=O) groups is 1. The maximum absolute atomic E-state index is 12.5. The molecule has 0 spiro atoms. The summed E-state index contributed by atoms with van der Waals surface area (Å²) in [5.74, 6) is -0.274. The molecule has 27 heavy (non-hydrogen) atoms. The summed E-state index contributed by atoms with van der Waals surface area (Å²) in [6.07, 6.45) is 1.19. The molecule has 2 aromatic rings. The first-order chi connectivity index (χ1) is 12.8. The van der Waals surface area contributed by atoms with Gasteiger partial charge in [0.05, 0.1) is 5.75 Å². The van der Waals surface area contributed by atoms with Crippen LogP contribution in [-0.4, -0.2) is 38.6 Å². The number of sulfone groups is 1. The molecule has 0 radical (unpaired) electrons. The average Bonchev–Trinajstić information content (AvgIpc) is 2.63. The minimum absolute atomic E-state index is 0.0686. The maximum Gasteiger partial charge on any atom is 0.251 e. The van der Waals surface area contributed by atoms with Gasteiger partial charge in [-0.05, 0) is 41.9 Å². The van der Waals surface area contributed by atoms with Crippen LogP contribution in [0.1, 0.15) is 40.9 Å². The monoisotopic (exact) mass is 388 g/mol. The van der Waals surface area contributed by atoms with Gasteiger partial charge in [-0.15, -0.1) is 0 Å². The Bertz CT molecular complexity index is 875. The smallest absolute Gasteiger partial charge is 0.251 e. The van der Waals surface area contributed by atoms with Gasteiger partial charge in [-0.25, -0.2) is 8.42 Å². The molecule has 0 fully saturated rings. The number of carbonyl (C=O) groups excluding carboxylic acids is 1. The summed E-state index contributed by atoms with van der Waals surface area (Å²) in [5, 5.41) is 2.95. The predicted octanol–water partition coefficient (Wildman–Crippen LogP) is 3.00. The summed E-state index contributed by atoms with van der Waals surface area (Å²) >= 11 is 0. The molecule has 146 valence electrons. The third-order valence-electron chi connectivity index (χ3n) is 4.46. The molecule has 1 N–H and O–H groups in total. The van der Waals surface area contributed by atoms with E-state index in [1.807, 2.05) is 18.2 Å². The number of benzene rings is 2. The Balaban J connectivity index is 2.07. The highest BCUT2D eigenvalue weighted by atomic mass is 32.2. The third kappa shape index (κ3) is 6.81. The molecule has 0 aliphatic rings. The highest BCUT2D eigenvalue weighted by Gasteiger charge is 2.11. The van der Waals surface area contributed by atoms with Gasteiger partial charge in [0, 0.05) is 24.9 Å². The van der Waals surface area contributed by atoms with Crippen molar-refractivity contribution in [2.75, 3.05) is 19.3 Å². The van der Waals surface area contributed by atoms with E-state index >= 15 is 0 Å². The van der Waals surface area contributed by atoms with Crippen LogP contribution in [0.3, 0.4) is 0 Å². The van der Waals surface area contributed by atoms with E-state index in [9.17, 15) is 13.2 Å². The van der Waals surface area contributed by atoms with Crippen LogP contribution in [0.4, 0.5) is 0 Å². The Hall–Kier alpha value is -2.18. The fraction of sp³-hybridized carbons (Fsp3) is 0.381. The molecule has 2 aromatic carbocycles. The van der Waals surface area contributed by atoms with E-state index in [1.54, 1.807) is 24.3 Å². The molecular formula is C21H28N2O3S. The molecule has 0 aromatic heterocycles. The standard InChI is InChI=1S/C21H28N2O3S/c1-4-23(5-2)15-20-11-7-6-10-19(20)14-22-21(24)18-12-8-9-17(13-18)16-27(3,25)26/h6-13H,4-5,14-16H2,1-3H3,(H,22,24). The van der Waals surface area contributed by atoms with Crippen LogP contribution in [0, 0.1) is 0 Å². The van der Waals surface area contributed by atoms with Crippen molar-refractivity contribution in [3.05, 3.63) is 70.8 Å². The van der Waals surface area contributed by atoms with Crippen molar-refractivity contribution in [3.63, 3.8) is 0 Å². The van der Waals surface area contributed by atoms with Gasteiger partial charge in [0.2, 0.25) is 0 Å². The zero-order chi connectivity index (χ0) is 19.9. The van der Waals surface area contributed by atoms with Crippen LogP contribution >= 0.6 is 0 Å². The summed E-state index contributed by atoms with van der Waals surface area (Å²) < 4.78 is 22.9. The van der Waals surface area contributed by atoms with E-state index in [-0.39, 0.29) is 11.7 Å². The lowest BCUT2D eigenvalue weighted by molar-refractivity contribution is 0.0950. The lowest BCUT2D eigenvalue weighted by Gasteiger charge is -2.20. The van der Waals surface area contributed by atoms with Gasteiger partial charge in [-0.3, -0.25) is 9.69 Å². The topological polar surface area (TPSA) is 66.5 Å². The summed E-state index contributed by atoms with van der Waals surface area (Å²) in [6, 6.07) is 14.9.